The Morgan fingerprint density at radius 1 is 1.07 bits per heavy atom. The molecule has 146 valence electrons. The van der Waals surface area contributed by atoms with Crippen molar-refractivity contribution in [1.29, 1.82) is 0 Å². The van der Waals surface area contributed by atoms with Crippen LogP contribution in [0.3, 0.4) is 0 Å². The Morgan fingerprint density at radius 2 is 1.79 bits per heavy atom. The molecule has 0 aliphatic heterocycles. The molecule has 0 saturated heterocycles. The number of rotatable bonds is 4. The average molecular weight is 399 g/mol. The predicted molar refractivity (Wildman–Crippen MR) is 108 cm³/mol. The first-order valence-electron chi connectivity index (χ1n) is 8.95. The molecule has 8 heteroatoms. The number of carbonyl (C=O) groups excluding carboxylic acids is 3. The highest BCUT2D eigenvalue weighted by Gasteiger charge is 2.28. The van der Waals surface area contributed by atoms with Gasteiger partial charge in [-0.05, 0) is 43.7 Å². The lowest BCUT2D eigenvalue weighted by atomic mass is 9.95. The third-order valence-corrected chi connectivity index (χ3v) is 5.72. The first kappa shape index (κ1) is 19.8. The Hall–Kier alpha value is -3.00. The Bertz CT molecular complexity index is 934. The molecule has 1 aliphatic rings. The van der Waals surface area contributed by atoms with Gasteiger partial charge in [-0.2, -0.15) is 5.10 Å². The summed E-state index contributed by atoms with van der Waals surface area (Å²) >= 11 is 1.32. The molecule has 1 aromatic heterocycles. The summed E-state index contributed by atoms with van der Waals surface area (Å²) in [6.07, 6.45) is 3.63. The van der Waals surface area contributed by atoms with Crippen molar-refractivity contribution in [2.45, 2.75) is 32.6 Å². The van der Waals surface area contributed by atoms with Gasteiger partial charge in [0.2, 0.25) is 0 Å². The maximum Gasteiger partial charge on any atom is 0.341 e. The third-order valence-electron chi connectivity index (χ3n) is 4.51. The number of carbonyl (C=O) groups is 3. The molecule has 1 heterocycles. The van der Waals surface area contributed by atoms with Gasteiger partial charge in [0.1, 0.15) is 5.00 Å². The topological polar surface area (TPSA) is 96.9 Å². The molecule has 1 aliphatic carbocycles. The molecule has 2 amide bonds. The minimum absolute atomic E-state index is 0.350. The van der Waals surface area contributed by atoms with Crippen molar-refractivity contribution in [3.63, 3.8) is 0 Å². The summed E-state index contributed by atoms with van der Waals surface area (Å²) < 4.78 is 4.87. The van der Waals surface area contributed by atoms with Gasteiger partial charge in [0.25, 0.3) is 0 Å². The van der Waals surface area contributed by atoms with Crippen LogP contribution in [-0.2, 0) is 27.2 Å². The molecule has 7 nitrogen and oxygen atoms in total. The summed E-state index contributed by atoms with van der Waals surface area (Å²) in [5.41, 5.74) is 4.93. The first-order chi connectivity index (χ1) is 13.5. The summed E-state index contributed by atoms with van der Waals surface area (Å²) in [5.74, 6) is -2.29. The molecule has 0 spiro atoms. The molecule has 3 rings (SSSR count). The van der Waals surface area contributed by atoms with Gasteiger partial charge >= 0.3 is 17.8 Å². The third kappa shape index (κ3) is 4.28. The molecule has 0 saturated carbocycles. The number of hydrazone groups is 1. The molecular formula is C20H21N3O4S. The van der Waals surface area contributed by atoms with E-state index in [1.165, 1.54) is 18.4 Å². The van der Waals surface area contributed by atoms with Crippen LogP contribution in [-0.4, -0.2) is 30.6 Å². The van der Waals surface area contributed by atoms with Crippen molar-refractivity contribution in [3.05, 3.63) is 51.9 Å². The van der Waals surface area contributed by atoms with E-state index in [4.69, 9.17) is 4.74 Å². The second-order valence-corrected chi connectivity index (χ2v) is 7.47. The number of hydrogen-bond acceptors (Lipinski definition) is 6. The largest absolute Gasteiger partial charge is 0.465 e. The number of nitrogens with one attached hydrogen (secondary N) is 2. The van der Waals surface area contributed by atoms with E-state index in [2.05, 4.69) is 15.8 Å². The van der Waals surface area contributed by atoms with Gasteiger partial charge in [-0.15, -0.1) is 11.3 Å². The van der Waals surface area contributed by atoms with Gasteiger partial charge in [0, 0.05) is 4.88 Å². The lowest BCUT2D eigenvalue weighted by Gasteiger charge is -2.11. The summed E-state index contributed by atoms with van der Waals surface area (Å²) in [5, 5.41) is 6.86. The van der Waals surface area contributed by atoms with Crippen molar-refractivity contribution < 1.29 is 19.1 Å². The Labute approximate surface area is 166 Å². The van der Waals surface area contributed by atoms with Crippen LogP contribution in [0.5, 0.6) is 0 Å². The van der Waals surface area contributed by atoms with E-state index in [1.54, 1.807) is 6.92 Å². The molecule has 0 atom stereocenters. The minimum Gasteiger partial charge on any atom is -0.465 e. The van der Waals surface area contributed by atoms with Crippen LogP contribution in [0, 0.1) is 0 Å². The van der Waals surface area contributed by atoms with Crippen LogP contribution in [0.15, 0.2) is 35.4 Å². The van der Waals surface area contributed by atoms with Gasteiger partial charge in [-0.1, -0.05) is 30.3 Å². The number of anilines is 1. The normalized spacial score (nSPS) is 13.4. The van der Waals surface area contributed by atoms with Crippen LogP contribution in [0.25, 0.3) is 0 Å². The number of ether oxygens (including phenoxy) is 1. The lowest BCUT2D eigenvalue weighted by molar-refractivity contribution is -0.136. The molecule has 0 radical (unpaired) electrons. The highest BCUT2D eigenvalue weighted by Crippen LogP contribution is 2.38. The Balaban J connectivity index is 1.73. The maximum atomic E-state index is 12.3. The number of nitrogens with zero attached hydrogens (tertiary/aromatic N) is 1. The molecular weight excluding hydrogens is 378 g/mol. The molecule has 0 fully saturated rings. The fourth-order valence-corrected chi connectivity index (χ4v) is 4.33. The van der Waals surface area contributed by atoms with Crippen molar-refractivity contribution in [2.24, 2.45) is 5.10 Å². The predicted octanol–water partition coefficient (Wildman–Crippen LogP) is 2.89. The summed E-state index contributed by atoms with van der Waals surface area (Å²) in [7, 11) is 1.30. The van der Waals surface area contributed by atoms with Crippen LogP contribution in [0.2, 0.25) is 0 Å². The fourth-order valence-electron chi connectivity index (χ4n) is 3.06. The second-order valence-electron chi connectivity index (χ2n) is 6.36. The highest BCUT2D eigenvalue weighted by molar-refractivity contribution is 7.17. The number of fused-ring (bicyclic) bond motifs is 1. The zero-order valence-corrected chi connectivity index (χ0v) is 16.5. The van der Waals surface area contributed by atoms with E-state index in [9.17, 15) is 14.4 Å². The van der Waals surface area contributed by atoms with Crippen LogP contribution >= 0.6 is 11.3 Å². The Morgan fingerprint density at radius 3 is 2.50 bits per heavy atom. The molecule has 1 aromatic carbocycles. The first-order valence-corrected chi connectivity index (χ1v) is 9.76. The van der Waals surface area contributed by atoms with Gasteiger partial charge in [0.15, 0.2) is 0 Å². The van der Waals surface area contributed by atoms with Gasteiger partial charge in [-0.3, -0.25) is 9.59 Å². The van der Waals surface area contributed by atoms with Crippen molar-refractivity contribution in [2.75, 3.05) is 12.4 Å². The smallest absolute Gasteiger partial charge is 0.341 e. The second kappa shape index (κ2) is 8.79. The molecule has 2 N–H and O–H groups in total. The van der Waals surface area contributed by atoms with Crippen LogP contribution in [0.4, 0.5) is 5.00 Å². The average Bonchev–Trinajstić information content (AvgIpc) is 3.09. The number of thiophene rings is 1. The standard InChI is InChI=1S/C20H21N3O4S/c1-12(13-8-4-3-5-9-13)22-23-18(25)17(24)21-19-16(20(26)27-2)14-10-6-7-11-15(14)28-19/h3-5,8-9H,6-7,10-11H2,1-2H3,(H,21,24)(H,23,25). The number of esters is 1. The minimum atomic E-state index is -0.905. The molecule has 0 bridgehead atoms. The van der Waals surface area contributed by atoms with Crippen molar-refractivity contribution >= 4 is 39.8 Å². The molecule has 2 aromatic rings. The number of methoxy groups -OCH3 is 1. The number of benzene rings is 1. The zero-order chi connectivity index (χ0) is 20.1. The van der Waals surface area contributed by atoms with Gasteiger partial charge < -0.3 is 10.1 Å². The van der Waals surface area contributed by atoms with E-state index in [0.29, 0.717) is 16.3 Å². The fraction of sp³-hybridized carbons (Fsp3) is 0.300. The molecule has 28 heavy (non-hydrogen) atoms. The van der Waals surface area contributed by atoms with Crippen LogP contribution < -0.4 is 10.7 Å². The summed E-state index contributed by atoms with van der Waals surface area (Å²) in [4.78, 5) is 37.7. The highest BCUT2D eigenvalue weighted by atomic mass is 32.1. The number of amides is 2. The van der Waals surface area contributed by atoms with Gasteiger partial charge in [0.05, 0.1) is 18.4 Å². The number of aryl methyl sites for hydroxylation is 1. The summed E-state index contributed by atoms with van der Waals surface area (Å²) in [6, 6.07) is 9.29. The van der Waals surface area contributed by atoms with E-state index < -0.39 is 17.8 Å². The van der Waals surface area contributed by atoms with Crippen LogP contribution in [0.1, 0.15) is 46.1 Å². The zero-order valence-electron chi connectivity index (χ0n) is 15.7. The van der Waals surface area contributed by atoms with Gasteiger partial charge in [-0.25, -0.2) is 10.2 Å². The Kier molecular flexibility index (Phi) is 6.20. The van der Waals surface area contributed by atoms with E-state index >= 15 is 0 Å². The quantitative estimate of drug-likeness (QED) is 0.358. The van der Waals surface area contributed by atoms with Crippen molar-refractivity contribution in [1.82, 2.24) is 5.43 Å². The van der Waals surface area contributed by atoms with E-state index in [-0.39, 0.29) is 0 Å². The monoisotopic (exact) mass is 399 g/mol. The van der Waals surface area contributed by atoms with E-state index in [0.717, 1.165) is 41.7 Å². The maximum absolute atomic E-state index is 12.3. The van der Waals surface area contributed by atoms with E-state index in [1.807, 2.05) is 30.3 Å². The lowest BCUT2D eigenvalue weighted by Crippen LogP contribution is -2.33. The number of hydrogen-bond donors (Lipinski definition) is 2. The van der Waals surface area contributed by atoms with Crippen molar-refractivity contribution in [3.8, 4) is 0 Å². The SMILES string of the molecule is COC(=O)c1c(NC(=O)C(=O)NN=C(C)c2ccccc2)sc2c1CCCC2. The summed E-state index contributed by atoms with van der Waals surface area (Å²) in [6.45, 7) is 1.73. The molecule has 0 unspecified atom stereocenters.